The molecular formula is C16H13F3N2O2. The first-order valence-electron chi connectivity index (χ1n) is 6.59. The highest BCUT2D eigenvalue weighted by molar-refractivity contribution is 6.06. The largest absolute Gasteiger partial charge is 0.417 e. The van der Waals surface area contributed by atoms with Gasteiger partial charge in [0.25, 0.3) is 5.91 Å². The van der Waals surface area contributed by atoms with Crippen LogP contribution in [-0.2, 0) is 6.18 Å². The van der Waals surface area contributed by atoms with Crippen LogP contribution in [0.4, 0.5) is 18.9 Å². The fourth-order valence-electron chi connectivity index (χ4n) is 2.16. The van der Waals surface area contributed by atoms with Gasteiger partial charge in [-0.15, -0.1) is 0 Å². The second-order valence-electron chi connectivity index (χ2n) is 4.84. The minimum Gasteiger partial charge on any atom is -0.366 e. The van der Waals surface area contributed by atoms with Crippen LogP contribution >= 0.6 is 0 Å². The van der Waals surface area contributed by atoms with E-state index in [2.05, 4.69) is 5.32 Å². The summed E-state index contributed by atoms with van der Waals surface area (Å²) in [4.78, 5) is 23.5. The lowest BCUT2D eigenvalue weighted by Gasteiger charge is -2.14. The van der Waals surface area contributed by atoms with E-state index in [1.54, 1.807) is 6.92 Å². The van der Waals surface area contributed by atoms with E-state index in [4.69, 9.17) is 5.73 Å². The fourth-order valence-corrected chi connectivity index (χ4v) is 2.16. The minimum atomic E-state index is -4.64. The van der Waals surface area contributed by atoms with Gasteiger partial charge < -0.3 is 11.1 Å². The molecule has 23 heavy (non-hydrogen) atoms. The highest BCUT2D eigenvalue weighted by Crippen LogP contribution is 2.32. The Kier molecular flexibility index (Phi) is 4.40. The summed E-state index contributed by atoms with van der Waals surface area (Å²) in [5, 5.41) is 2.39. The molecule has 0 bridgehead atoms. The zero-order valence-electron chi connectivity index (χ0n) is 12.1. The Morgan fingerprint density at radius 2 is 1.61 bits per heavy atom. The van der Waals surface area contributed by atoms with E-state index >= 15 is 0 Å². The number of benzene rings is 2. The van der Waals surface area contributed by atoms with Gasteiger partial charge in [-0.2, -0.15) is 13.2 Å². The zero-order chi connectivity index (χ0) is 17.2. The third-order valence-corrected chi connectivity index (χ3v) is 3.32. The Balaban J connectivity index is 2.38. The second kappa shape index (κ2) is 6.12. The van der Waals surface area contributed by atoms with Crippen molar-refractivity contribution >= 4 is 17.5 Å². The molecule has 0 fully saturated rings. The topological polar surface area (TPSA) is 72.2 Å². The molecule has 2 amide bonds. The van der Waals surface area contributed by atoms with Crippen molar-refractivity contribution in [3.05, 3.63) is 64.7 Å². The molecule has 0 saturated heterocycles. The van der Waals surface area contributed by atoms with Gasteiger partial charge in [0, 0.05) is 11.3 Å². The molecule has 0 aliphatic rings. The standard InChI is InChI=1S/C16H13F3N2O2/c1-9-10(14(20)22)6-4-8-13(9)21-15(23)11-5-2-3-7-12(11)16(17,18)19/h2-8H,1H3,(H2,20,22)(H,21,23). The van der Waals surface area contributed by atoms with Gasteiger partial charge in [0.1, 0.15) is 0 Å². The number of nitrogens with two attached hydrogens (primary N) is 1. The lowest BCUT2D eigenvalue weighted by atomic mass is 10.0. The van der Waals surface area contributed by atoms with Crippen LogP contribution in [0.5, 0.6) is 0 Å². The summed E-state index contributed by atoms with van der Waals surface area (Å²) in [6.45, 7) is 1.55. The second-order valence-corrected chi connectivity index (χ2v) is 4.84. The average molecular weight is 322 g/mol. The maximum absolute atomic E-state index is 13.0. The molecule has 0 heterocycles. The Bertz CT molecular complexity index is 770. The van der Waals surface area contributed by atoms with Gasteiger partial charge >= 0.3 is 6.18 Å². The lowest BCUT2D eigenvalue weighted by molar-refractivity contribution is -0.137. The SMILES string of the molecule is Cc1c(NC(=O)c2ccccc2C(F)(F)F)cccc1C(N)=O. The van der Waals surface area contributed by atoms with E-state index in [1.165, 1.54) is 30.3 Å². The van der Waals surface area contributed by atoms with Gasteiger partial charge in [-0.3, -0.25) is 9.59 Å². The van der Waals surface area contributed by atoms with E-state index < -0.39 is 29.1 Å². The number of hydrogen-bond acceptors (Lipinski definition) is 2. The zero-order valence-corrected chi connectivity index (χ0v) is 12.1. The van der Waals surface area contributed by atoms with E-state index in [9.17, 15) is 22.8 Å². The molecule has 0 atom stereocenters. The van der Waals surface area contributed by atoms with Crippen LogP contribution < -0.4 is 11.1 Å². The monoisotopic (exact) mass is 322 g/mol. The number of carbonyl (C=O) groups excluding carboxylic acids is 2. The van der Waals surface area contributed by atoms with Crippen molar-refractivity contribution in [1.29, 1.82) is 0 Å². The van der Waals surface area contributed by atoms with E-state index in [0.29, 0.717) is 5.56 Å². The molecule has 120 valence electrons. The summed E-state index contributed by atoms with van der Waals surface area (Å²) < 4.78 is 38.9. The normalized spacial score (nSPS) is 11.1. The summed E-state index contributed by atoms with van der Waals surface area (Å²) in [5.74, 6) is -1.60. The quantitative estimate of drug-likeness (QED) is 0.909. The molecule has 0 spiro atoms. The number of amides is 2. The molecule has 3 N–H and O–H groups in total. The van der Waals surface area contributed by atoms with Gasteiger partial charge in [-0.25, -0.2) is 0 Å². The molecule has 2 rings (SSSR count). The maximum atomic E-state index is 13.0. The third kappa shape index (κ3) is 3.50. The van der Waals surface area contributed by atoms with Gasteiger partial charge in [0.05, 0.1) is 11.1 Å². The molecule has 2 aromatic carbocycles. The van der Waals surface area contributed by atoms with Crippen LogP contribution in [0.1, 0.15) is 31.8 Å². The first-order chi connectivity index (χ1) is 10.7. The molecule has 0 saturated carbocycles. The molecule has 2 aromatic rings. The van der Waals surface area contributed by atoms with E-state index in [-0.39, 0.29) is 11.3 Å². The lowest BCUT2D eigenvalue weighted by Crippen LogP contribution is -2.20. The summed E-state index contributed by atoms with van der Waals surface area (Å²) >= 11 is 0. The predicted octanol–water partition coefficient (Wildman–Crippen LogP) is 3.37. The number of nitrogens with one attached hydrogen (secondary N) is 1. The Labute approximate surface area is 130 Å². The highest BCUT2D eigenvalue weighted by atomic mass is 19.4. The van der Waals surface area contributed by atoms with Crippen molar-refractivity contribution in [3.63, 3.8) is 0 Å². The Morgan fingerprint density at radius 3 is 2.22 bits per heavy atom. The number of hydrogen-bond donors (Lipinski definition) is 2. The van der Waals surface area contributed by atoms with E-state index in [0.717, 1.165) is 12.1 Å². The van der Waals surface area contributed by atoms with Crippen molar-refractivity contribution in [2.45, 2.75) is 13.1 Å². The van der Waals surface area contributed by atoms with Crippen molar-refractivity contribution in [2.24, 2.45) is 5.73 Å². The number of anilines is 1. The van der Waals surface area contributed by atoms with Gasteiger partial charge in [0.15, 0.2) is 0 Å². The molecular weight excluding hydrogens is 309 g/mol. The van der Waals surface area contributed by atoms with Crippen LogP contribution in [0.3, 0.4) is 0 Å². The summed E-state index contributed by atoms with van der Waals surface area (Å²) in [7, 11) is 0. The van der Waals surface area contributed by atoms with Crippen LogP contribution in [0, 0.1) is 6.92 Å². The number of alkyl halides is 3. The first-order valence-corrected chi connectivity index (χ1v) is 6.59. The summed E-state index contributed by atoms with van der Waals surface area (Å²) in [6.07, 6.45) is -4.64. The molecule has 0 aromatic heterocycles. The molecule has 7 heteroatoms. The van der Waals surface area contributed by atoms with E-state index in [1.807, 2.05) is 0 Å². The Hall–Kier alpha value is -2.83. The summed E-state index contributed by atoms with van der Waals surface area (Å²) in [6, 6.07) is 8.91. The van der Waals surface area contributed by atoms with Crippen LogP contribution in [0.25, 0.3) is 0 Å². The highest BCUT2D eigenvalue weighted by Gasteiger charge is 2.34. The number of carbonyl (C=O) groups is 2. The molecule has 4 nitrogen and oxygen atoms in total. The summed E-state index contributed by atoms with van der Waals surface area (Å²) in [5.41, 5.74) is 4.48. The predicted molar refractivity (Wildman–Crippen MR) is 79.1 cm³/mol. The van der Waals surface area contributed by atoms with Crippen LogP contribution in [0.15, 0.2) is 42.5 Å². The van der Waals surface area contributed by atoms with Crippen LogP contribution in [0.2, 0.25) is 0 Å². The van der Waals surface area contributed by atoms with Gasteiger partial charge in [0.2, 0.25) is 5.91 Å². The average Bonchev–Trinajstić information content (AvgIpc) is 2.48. The van der Waals surface area contributed by atoms with Crippen molar-refractivity contribution in [1.82, 2.24) is 0 Å². The third-order valence-electron chi connectivity index (χ3n) is 3.32. The van der Waals surface area contributed by atoms with Gasteiger partial charge in [-0.1, -0.05) is 18.2 Å². The van der Waals surface area contributed by atoms with Crippen LogP contribution in [-0.4, -0.2) is 11.8 Å². The minimum absolute atomic E-state index is 0.187. The molecule has 0 unspecified atom stereocenters. The van der Waals surface area contributed by atoms with Crippen molar-refractivity contribution in [2.75, 3.05) is 5.32 Å². The molecule has 0 aliphatic carbocycles. The number of halogens is 3. The number of primary amides is 1. The van der Waals surface area contributed by atoms with Crippen molar-refractivity contribution < 1.29 is 22.8 Å². The number of rotatable bonds is 3. The first kappa shape index (κ1) is 16.5. The van der Waals surface area contributed by atoms with Crippen molar-refractivity contribution in [3.8, 4) is 0 Å². The molecule has 0 radical (unpaired) electrons. The smallest absolute Gasteiger partial charge is 0.366 e. The molecule has 0 aliphatic heterocycles. The Morgan fingerprint density at radius 1 is 1.00 bits per heavy atom. The fraction of sp³-hybridized carbons (Fsp3) is 0.125. The van der Waals surface area contributed by atoms with Gasteiger partial charge in [-0.05, 0) is 36.8 Å². The maximum Gasteiger partial charge on any atom is 0.417 e.